The summed E-state index contributed by atoms with van der Waals surface area (Å²) in [6.45, 7) is -0.498. The van der Waals surface area contributed by atoms with E-state index in [9.17, 15) is 18.0 Å². The van der Waals surface area contributed by atoms with Crippen LogP contribution in [0.1, 0.15) is 0 Å². The van der Waals surface area contributed by atoms with Gasteiger partial charge >= 0.3 is 12.3 Å². The number of halogens is 3. The Hall–Kier alpha value is -1.41. The Morgan fingerprint density at radius 3 is 2.68 bits per heavy atom. The van der Waals surface area contributed by atoms with Crippen LogP contribution < -0.4 is 5.32 Å². The van der Waals surface area contributed by atoms with E-state index < -0.39 is 18.0 Å². The standard InChI is InChI=1S/C11H12F3NO3S/c12-11(13,14)7-19-9-4-2-1-3-8(9)15-10(17)18-6-5-16/h1-4,16H,5-7H2,(H,15,17). The van der Waals surface area contributed by atoms with Crippen molar-refractivity contribution in [2.75, 3.05) is 24.3 Å². The van der Waals surface area contributed by atoms with Crippen LogP contribution in [0.15, 0.2) is 29.2 Å². The van der Waals surface area contributed by atoms with E-state index in [2.05, 4.69) is 10.1 Å². The summed E-state index contributed by atoms with van der Waals surface area (Å²) in [4.78, 5) is 11.5. The number of amides is 1. The Kier molecular flexibility index (Phi) is 5.97. The van der Waals surface area contributed by atoms with Gasteiger partial charge in [-0.05, 0) is 12.1 Å². The van der Waals surface area contributed by atoms with E-state index in [4.69, 9.17) is 5.11 Å². The third-order valence-corrected chi connectivity index (χ3v) is 2.98. The lowest BCUT2D eigenvalue weighted by molar-refractivity contribution is -0.105. The Bertz CT molecular complexity index is 426. The Balaban J connectivity index is 2.65. The molecule has 0 bridgehead atoms. The van der Waals surface area contributed by atoms with Crippen LogP contribution in [0.5, 0.6) is 0 Å². The number of anilines is 1. The fourth-order valence-electron chi connectivity index (χ4n) is 1.14. The second-order valence-corrected chi connectivity index (χ2v) is 4.40. The molecule has 0 aliphatic carbocycles. The number of aliphatic hydroxyl groups is 1. The van der Waals surface area contributed by atoms with E-state index in [0.717, 1.165) is 0 Å². The maximum absolute atomic E-state index is 12.1. The number of alkyl halides is 3. The summed E-state index contributed by atoms with van der Waals surface area (Å²) < 4.78 is 41.0. The van der Waals surface area contributed by atoms with Gasteiger partial charge < -0.3 is 9.84 Å². The fourth-order valence-corrected chi connectivity index (χ4v) is 1.91. The van der Waals surface area contributed by atoms with Gasteiger partial charge in [-0.3, -0.25) is 5.32 Å². The van der Waals surface area contributed by atoms with Gasteiger partial charge in [0.25, 0.3) is 0 Å². The van der Waals surface area contributed by atoms with Crippen LogP contribution in [0.25, 0.3) is 0 Å². The van der Waals surface area contributed by atoms with Crippen molar-refractivity contribution in [2.24, 2.45) is 0 Å². The predicted octanol–water partition coefficient (Wildman–Crippen LogP) is 2.88. The van der Waals surface area contributed by atoms with Gasteiger partial charge in [-0.15, -0.1) is 11.8 Å². The number of hydrogen-bond acceptors (Lipinski definition) is 4. The first kappa shape index (κ1) is 15.6. The van der Waals surface area contributed by atoms with Crippen molar-refractivity contribution in [2.45, 2.75) is 11.1 Å². The average Bonchev–Trinajstić information content (AvgIpc) is 2.34. The molecule has 0 atom stereocenters. The maximum atomic E-state index is 12.1. The molecule has 1 aromatic rings. The molecule has 8 heteroatoms. The maximum Gasteiger partial charge on any atom is 0.411 e. The molecule has 2 N–H and O–H groups in total. The van der Waals surface area contributed by atoms with E-state index >= 15 is 0 Å². The van der Waals surface area contributed by atoms with E-state index in [0.29, 0.717) is 16.7 Å². The highest BCUT2D eigenvalue weighted by molar-refractivity contribution is 7.99. The third-order valence-electron chi connectivity index (χ3n) is 1.84. The molecule has 0 aliphatic heterocycles. The minimum Gasteiger partial charge on any atom is -0.447 e. The van der Waals surface area contributed by atoms with Crippen molar-refractivity contribution in [3.8, 4) is 0 Å². The first-order valence-corrected chi connectivity index (χ1v) is 6.24. The molecule has 0 radical (unpaired) electrons. The van der Waals surface area contributed by atoms with Crippen molar-refractivity contribution < 1.29 is 27.8 Å². The lowest BCUT2D eigenvalue weighted by Crippen LogP contribution is -2.16. The Morgan fingerprint density at radius 1 is 1.37 bits per heavy atom. The zero-order valence-corrected chi connectivity index (χ0v) is 10.6. The average molecular weight is 295 g/mol. The molecule has 0 spiro atoms. The van der Waals surface area contributed by atoms with Crippen molar-refractivity contribution in [3.63, 3.8) is 0 Å². The van der Waals surface area contributed by atoms with E-state index in [-0.39, 0.29) is 18.9 Å². The molecule has 0 aliphatic rings. The predicted molar refractivity (Wildman–Crippen MR) is 65.3 cm³/mol. The van der Waals surface area contributed by atoms with Gasteiger partial charge in [0.2, 0.25) is 0 Å². The number of thioether (sulfide) groups is 1. The van der Waals surface area contributed by atoms with E-state index in [1.165, 1.54) is 12.1 Å². The Morgan fingerprint density at radius 2 is 2.05 bits per heavy atom. The topological polar surface area (TPSA) is 58.6 Å². The third kappa shape index (κ3) is 6.35. The highest BCUT2D eigenvalue weighted by Crippen LogP contribution is 2.32. The highest BCUT2D eigenvalue weighted by atomic mass is 32.2. The molecule has 0 fully saturated rings. The van der Waals surface area contributed by atoms with Gasteiger partial charge in [0.1, 0.15) is 6.61 Å². The van der Waals surface area contributed by atoms with Crippen LogP contribution in [0.3, 0.4) is 0 Å². The summed E-state index contributed by atoms with van der Waals surface area (Å²) in [6.07, 6.45) is -5.11. The SMILES string of the molecule is O=C(Nc1ccccc1SCC(F)(F)F)OCCO. The van der Waals surface area contributed by atoms with Crippen LogP contribution in [-0.2, 0) is 4.74 Å². The van der Waals surface area contributed by atoms with Gasteiger partial charge in [0, 0.05) is 4.90 Å². The molecule has 0 unspecified atom stereocenters. The second kappa shape index (κ2) is 7.25. The van der Waals surface area contributed by atoms with Crippen molar-refractivity contribution in [3.05, 3.63) is 24.3 Å². The summed E-state index contributed by atoms with van der Waals surface area (Å²) in [5.74, 6) is -1.04. The molecule has 1 amide bonds. The number of rotatable bonds is 5. The first-order valence-electron chi connectivity index (χ1n) is 5.25. The van der Waals surface area contributed by atoms with Crippen LogP contribution in [0, 0.1) is 0 Å². The molecule has 0 saturated carbocycles. The Labute approximate surface area is 111 Å². The number of carbonyl (C=O) groups excluding carboxylic acids is 1. The van der Waals surface area contributed by atoms with E-state index in [1.807, 2.05) is 0 Å². The smallest absolute Gasteiger partial charge is 0.411 e. The lowest BCUT2D eigenvalue weighted by atomic mass is 10.3. The number of para-hydroxylation sites is 1. The quantitative estimate of drug-likeness (QED) is 0.820. The van der Waals surface area contributed by atoms with Gasteiger partial charge in [0.05, 0.1) is 18.0 Å². The monoisotopic (exact) mass is 295 g/mol. The highest BCUT2D eigenvalue weighted by Gasteiger charge is 2.27. The van der Waals surface area contributed by atoms with Gasteiger partial charge in [-0.2, -0.15) is 13.2 Å². The fraction of sp³-hybridized carbons (Fsp3) is 0.364. The minimum atomic E-state index is -4.28. The summed E-state index contributed by atoms with van der Waals surface area (Å²) in [5.41, 5.74) is 0.236. The molecule has 1 rings (SSSR count). The molecule has 1 aromatic carbocycles. The zero-order valence-electron chi connectivity index (χ0n) is 9.74. The molecular formula is C11H12F3NO3S. The summed E-state index contributed by atoms with van der Waals surface area (Å²) >= 11 is 0.575. The lowest BCUT2D eigenvalue weighted by Gasteiger charge is -2.11. The normalized spacial score (nSPS) is 11.2. The number of nitrogens with one attached hydrogen (secondary N) is 1. The number of aliphatic hydroxyl groups excluding tert-OH is 1. The molecule has 4 nitrogen and oxygen atoms in total. The van der Waals surface area contributed by atoms with Crippen LogP contribution in [-0.4, -0.2) is 36.3 Å². The number of carbonyl (C=O) groups is 1. The van der Waals surface area contributed by atoms with Crippen LogP contribution in [0.4, 0.5) is 23.7 Å². The van der Waals surface area contributed by atoms with E-state index in [1.54, 1.807) is 12.1 Å². The second-order valence-electron chi connectivity index (χ2n) is 3.38. The summed E-state index contributed by atoms with van der Waals surface area (Å²) in [6, 6.07) is 6.10. The van der Waals surface area contributed by atoms with Crippen molar-refractivity contribution in [1.29, 1.82) is 0 Å². The minimum absolute atomic E-state index is 0.177. The zero-order chi connectivity index (χ0) is 14.3. The van der Waals surface area contributed by atoms with Gasteiger partial charge in [-0.1, -0.05) is 12.1 Å². The number of hydrogen-bond donors (Lipinski definition) is 2. The summed E-state index contributed by atoms with van der Waals surface area (Å²) in [5, 5.41) is 10.8. The molecule has 19 heavy (non-hydrogen) atoms. The molecule has 0 heterocycles. The largest absolute Gasteiger partial charge is 0.447 e. The van der Waals surface area contributed by atoms with Crippen LogP contribution >= 0.6 is 11.8 Å². The first-order chi connectivity index (χ1) is 8.92. The van der Waals surface area contributed by atoms with Crippen LogP contribution in [0.2, 0.25) is 0 Å². The number of ether oxygens (including phenoxy) is 1. The summed E-state index contributed by atoms with van der Waals surface area (Å²) in [7, 11) is 0. The molecular weight excluding hydrogens is 283 g/mol. The van der Waals surface area contributed by atoms with Gasteiger partial charge in [0.15, 0.2) is 0 Å². The molecule has 0 saturated heterocycles. The van der Waals surface area contributed by atoms with Gasteiger partial charge in [-0.25, -0.2) is 4.79 Å². The van der Waals surface area contributed by atoms with Crippen molar-refractivity contribution >= 4 is 23.5 Å². The van der Waals surface area contributed by atoms with Crippen molar-refractivity contribution in [1.82, 2.24) is 0 Å². The molecule has 106 valence electrons. The number of benzene rings is 1. The molecule has 0 aromatic heterocycles.